The van der Waals surface area contributed by atoms with E-state index >= 15 is 0 Å². The molecule has 0 radical (unpaired) electrons. The number of amides is 1. The lowest BCUT2D eigenvalue weighted by Crippen LogP contribution is -2.50. The third-order valence-electron chi connectivity index (χ3n) is 5.16. The Morgan fingerprint density at radius 3 is 2.65 bits per heavy atom. The smallest absolute Gasteiger partial charge is 0.244 e. The average Bonchev–Trinajstić information content (AvgIpc) is 3.28. The molecule has 1 fully saturated rings. The average molecular weight is 575 g/mol. The summed E-state index contributed by atoms with van der Waals surface area (Å²) in [4.78, 5) is 18.7. The van der Waals surface area contributed by atoms with Crippen molar-refractivity contribution in [3.8, 4) is 0 Å². The fraction of sp³-hybridized carbons (Fsp3) is 0.529. The van der Waals surface area contributed by atoms with Crippen molar-refractivity contribution in [3.63, 3.8) is 0 Å². The molecule has 3 rings (SSSR count). The predicted molar refractivity (Wildman–Crippen MR) is 123 cm³/mol. The van der Waals surface area contributed by atoms with Crippen LogP contribution >= 0.6 is 50.5 Å². The number of hydrogen-bond acceptors (Lipinski definition) is 7. The van der Waals surface area contributed by atoms with E-state index < -0.39 is 16.1 Å². The van der Waals surface area contributed by atoms with Gasteiger partial charge in [0.2, 0.25) is 21.9 Å². The van der Waals surface area contributed by atoms with Gasteiger partial charge in [0.25, 0.3) is 0 Å². The highest BCUT2D eigenvalue weighted by Crippen LogP contribution is 2.43. The fourth-order valence-corrected chi connectivity index (χ4v) is 8.15. The molecule has 3 heterocycles. The van der Waals surface area contributed by atoms with E-state index in [9.17, 15) is 13.2 Å². The molecule has 0 aromatic carbocycles. The van der Waals surface area contributed by atoms with Crippen LogP contribution in [0.4, 0.5) is 5.95 Å². The minimum atomic E-state index is -4.14. The third-order valence-corrected chi connectivity index (χ3v) is 10.1. The van der Waals surface area contributed by atoms with E-state index in [1.165, 1.54) is 6.20 Å². The number of aromatic nitrogens is 2. The number of rotatable bonds is 8. The largest absolute Gasteiger partial charge is 0.341 e. The zero-order chi connectivity index (χ0) is 22.8. The zero-order valence-corrected chi connectivity index (χ0v) is 21.2. The normalized spacial score (nSPS) is 16.5. The van der Waals surface area contributed by atoms with Gasteiger partial charge >= 0.3 is 0 Å². The number of carbonyl (C=O) groups excluding carboxylic acids is 1. The van der Waals surface area contributed by atoms with Gasteiger partial charge in [-0.05, 0) is 41.1 Å². The Hall–Kier alpha value is -0.890. The van der Waals surface area contributed by atoms with Gasteiger partial charge in [-0.15, -0.1) is 11.3 Å². The lowest BCUT2D eigenvalue weighted by atomic mass is 9.98. The second-order valence-electron chi connectivity index (χ2n) is 7.32. The van der Waals surface area contributed by atoms with Gasteiger partial charge < -0.3 is 9.47 Å². The Bertz CT molecular complexity index is 1040. The summed E-state index contributed by atoms with van der Waals surface area (Å²) < 4.78 is 30.7. The highest BCUT2D eigenvalue weighted by Gasteiger charge is 2.34. The molecule has 0 aliphatic carbocycles. The Morgan fingerprint density at radius 2 is 2.06 bits per heavy atom. The number of nitrogens with zero attached hydrogens (tertiary/aromatic N) is 3. The molecular formula is C17H22BrCl2N5O4S2. The van der Waals surface area contributed by atoms with Crippen molar-refractivity contribution in [2.45, 2.75) is 43.7 Å². The van der Waals surface area contributed by atoms with E-state index in [2.05, 4.69) is 32.6 Å². The molecule has 1 aliphatic heterocycles. The van der Waals surface area contributed by atoms with Gasteiger partial charge in [-0.1, -0.05) is 30.1 Å². The number of likely N-dealkylation sites (tertiary alicyclic amines) is 1. The number of thiophene rings is 1. The van der Waals surface area contributed by atoms with Crippen LogP contribution in [0.5, 0.6) is 0 Å². The lowest BCUT2D eigenvalue weighted by molar-refractivity contribution is -0.134. The quantitative estimate of drug-likeness (QED) is 0.413. The van der Waals surface area contributed by atoms with Gasteiger partial charge in [0.15, 0.2) is 0 Å². The molecule has 31 heavy (non-hydrogen) atoms. The van der Waals surface area contributed by atoms with Crippen LogP contribution in [0.2, 0.25) is 8.67 Å². The highest BCUT2D eigenvalue weighted by molar-refractivity contribution is 9.10. The fourth-order valence-electron chi connectivity index (χ4n) is 3.37. The zero-order valence-electron chi connectivity index (χ0n) is 16.5. The number of nitrogens with one attached hydrogen (secondary N) is 2. The minimum absolute atomic E-state index is 0.00347. The van der Waals surface area contributed by atoms with Crippen LogP contribution in [0.1, 0.15) is 26.2 Å². The Kier molecular flexibility index (Phi) is 8.27. The van der Waals surface area contributed by atoms with Crippen molar-refractivity contribution in [2.75, 3.05) is 18.6 Å². The van der Waals surface area contributed by atoms with E-state index in [4.69, 9.17) is 28.4 Å². The lowest BCUT2D eigenvalue weighted by Gasteiger charge is -2.33. The molecule has 2 aromatic heterocycles. The van der Waals surface area contributed by atoms with Crippen molar-refractivity contribution in [1.82, 2.24) is 19.2 Å². The van der Waals surface area contributed by atoms with Crippen LogP contribution in [-0.4, -0.2) is 53.1 Å². The van der Waals surface area contributed by atoms with Gasteiger partial charge in [-0.25, -0.2) is 18.9 Å². The molecule has 0 saturated carbocycles. The molecule has 14 heteroatoms. The summed E-state index contributed by atoms with van der Waals surface area (Å²) >= 11 is 16.2. The number of aryl methyl sites for hydroxylation is 1. The number of halogens is 3. The van der Waals surface area contributed by atoms with Crippen LogP contribution in [-0.2, 0) is 21.4 Å². The van der Waals surface area contributed by atoms with E-state index in [0.717, 1.165) is 24.2 Å². The maximum atomic E-state index is 13.2. The Labute approximate surface area is 202 Å². The summed E-state index contributed by atoms with van der Waals surface area (Å²) in [6.45, 7) is 3.51. The van der Waals surface area contributed by atoms with Crippen molar-refractivity contribution >= 4 is 72.3 Å². The van der Waals surface area contributed by atoms with Crippen LogP contribution < -0.4 is 10.2 Å². The van der Waals surface area contributed by atoms with Crippen LogP contribution in [0.15, 0.2) is 21.8 Å². The summed E-state index contributed by atoms with van der Waals surface area (Å²) in [7, 11) is -4.14. The first-order chi connectivity index (χ1) is 14.6. The van der Waals surface area contributed by atoms with Crippen molar-refractivity contribution in [1.29, 1.82) is 0 Å². The summed E-state index contributed by atoms with van der Waals surface area (Å²) in [6.07, 6.45) is 4.97. The number of sulfonamides is 1. The molecular weight excluding hydrogens is 553 g/mol. The molecule has 1 aliphatic rings. The summed E-state index contributed by atoms with van der Waals surface area (Å²) in [5.41, 5.74) is 1.97. The second kappa shape index (κ2) is 10.4. The SMILES string of the molecule is CC1CCN(C(=O)C(CCn2ccnc2NO)NS(=O)(=O)c2c(Cl)sc(Cl)c2Br)CC1. The van der Waals surface area contributed by atoms with Crippen LogP contribution in [0.25, 0.3) is 0 Å². The molecule has 3 N–H and O–H groups in total. The molecule has 9 nitrogen and oxygen atoms in total. The number of imidazole rings is 1. The first-order valence-corrected chi connectivity index (χ1v) is 13.3. The van der Waals surface area contributed by atoms with Gasteiger partial charge in [-0.2, -0.15) is 4.72 Å². The maximum absolute atomic E-state index is 13.2. The van der Waals surface area contributed by atoms with E-state index in [1.807, 2.05) is 5.48 Å². The Morgan fingerprint density at radius 1 is 1.39 bits per heavy atom. The molecule has 0 spiro atoms. The van der Waals surface area contributed by atoms with Gasteiger partial charge in [0, 0.05) is 32.0 Å². The van der Waals surface area contributed by atoms with E-state index in [-0.39, 0.29) is 42.9 Å². The van der Waals surface area contributed by atoms with Gasteiger partial charge in [0.1, 0.15) is 19.6 Å². The van der Waals surface area contributed by atoms with Crippen LogP contribution in [0, 0.1) is 5.92 Å². The standard InChI is InChI=1S/C17H22BrCl2N5O4S2/c1-10-2-6-24(7-3-10)16(26)11(4-8-25-9-5-21-17(25)22-27)23-31(28,29)13-12(18)14(19)30-15(13)20/h5,9-11,23,27H,2-4,6-8H2,1H3,(H,21,22). The molecule has 1 saturated heterocycles. The minimum Gasteiger partial charge on any atom is -0.341 e. The van der Waals surface area contributed by atoms with Crippen molar-refractivity contribution in [2.24, 2.45) is 5.92 Å². The summed E-state index contributed by atoms with van der Waals surface area (Å²) in [6, 6.07) is -1.03. The van der Waals surface area contributed by atoms with E-state index in [1.54, 1.807) is 15.7 Å². The first-order valence-electron chi connectivity index (χ1n) is 9.49. The Balaban J connectivity index is 1.84. The number of carbonyl (C=O) groups is 1. The molecule has 1 atom stereocenters. The van der Waals surface area contributed by atoms with Gasteiger partial charge in [-0.3, -0.25) is 10.0 Å². The monoisotopic (exact) mass is 573 g/mol. The molecule has 0 bridgehead atoms. The second-order valence-corrected chi connectivity index (χ2v) is 12.0. The topological polar surface area (TPSA) is 117 Å². The first kappa shape index (κ1) is 24.7. The molecule has 1 amide bonds. The van der Waals surface area contributed by atoms with Gasteiger partial charge in [0.05, 0.1) is 4.47 Å². The molecule has 2 aromatic rings. The number of anilines is 1. The summed E-state index contributed by atoms with van der Waals surface area (Å²) in [5.74, 6) is 0.407. The van der Waals surface area contributed by atoms with Crippen molar-refractivity contribution in [3.05, 3.63) is 25.5 Å². The molecule has 172 valence electrons. The third kappa shape index (κ3) is 5.73. The number of hydrogen-bond donors (Lipinski definition) is 3. The number of piperidine rings is 1. The van der Waals surface area contributed by atoms with Crippen molar-refractivity contribution < 1.29 is 18.4 Å². The highest BCUT2D eigenvalue weighted by atomic mass is 79.9. The molecule has 1 unspecified atom stereocenters. The maximum Gasteiger partial charge on any atom is 0.244 e. The predicted octanol–water partition coefficient (Wildman–Crippen LogP) is 3.81. The van der Waals surface area contributed by atoms with E-state index in [0.29, 0.717) is 19.0 Å². The van der Waals surface area contributed by atoms with Crippen LogP contribution in [0.3, 0.4) is 0 Å². The summed E-state index contributed by atoms with van der Waals surface area (Å²) in [5, 5.41) is 9.16.